The van der Waals surface area contributed by atoms with Crippen LogP contribution in [0.2, 0.25) is 0 Å². The highest BCUT2D eigenvalue weighted by atomic mass is 19.1. The first-order chi connectivity index (χ1) is 10.0. The number of nitrogens with two attached hydrogens (primary N) is 1. The SMILES string of the molecule is Cc1ccc(OCc2cccc([N+](=O)[O-])c2F)c(CN)n1. The molecule has 0 bridgehead atoms. The molecule has 2 rings (SSSR count). The van der Waals surface area contributed by atoms with Crippen LogP contribution in [0.4, 0.5) is 10.1 Å². The molecule has 7 heteroatoms. The van der Waals surface area contributed by atoms with Crippen LogP contribution in [0.5, 0.6) is 5.75 Å². The first-order valence-electron chi connectivity index (χ1n) is 6.24. The van der Waals surface area contributed by atoms with E-state index in [2.05, 4.69) is 4.98 Å². The molecule has 0 radical (unpaired) electrons. The van der Waals surface area contributed by atoms with Gasteiger partial charge in [-0.25, -0.2) is 0 Å². The fourth-order valence-electron chi connectivity index (χ4n) is 1.85. The monoisotopic (exact) mass is 291 g/mol. The zero-order valence-corrected chi connectivity index (χ0v) is 11.4. The number of hydrogen-bond acceptors (Lipinski definition) is 5. The van der Waals surface area contributed by atoms with Crippen LogP contribution in [0.15, 0.2) is 30.3 Å². The number of rotatable bonds is 5. The predicted octanol–water partition coefficient (Wildman–Crippen LogP) is 2.48. The summed E-state index contributed by atoms with van der Waals surface area (Å²) in [6.45, 7) is 1.88. The normalized spacial score (nSPS) is 10.4. The van der Waals surface area contributed by atoms with Gasteiger partial charge >= 0.3 is 5.69 Å². The van der Waals surface area contributed by atoms with Crippen LogP contribution in [0.1, 0.15) is 17.0 Å². The van der Waals surface area contributed by atoms with Crippen molar-refractivity contribution in [1.82, 2.24) is 4.98 Å². The zero-order chi connectivity index (χ0) is 15.4. The Hall–Kier alpha value is -2.54. The largest absolute Gasteiger partial charge is 0.487 e. The Balaban J connectivity index is 2.21. The topological polar surface area (TPSA) is 91.3 Å². The highest BCUT2D eigenvalue weighted by Gasteiger charge is 2.17. The number of ether oxygens (including phenoxy) is 1. The van der Waals surface area contributed by atoms with E-state index in [4.69, 9.17) is 10.5 Å². The summed E-state index contributed by atoms with van der Waals surface area (Å²) in [6, 6.07) is 7.40. The molecular weight excluding hydrogens is 277 g/mol. The van der Waals surface area contributed by atoms with Crippen molar-refractivity contribution in [2.45, 2.75) is 20.1 Å². The van der Waals surface area contributed by atoms with Crippen LogP contribution in [0, 0.1) is 22.9 Å². The Kier molecular flexibility index (Phi) is 4.44. The van der Waals surface area contributed by atoms with E-state index in [0.717, 1.165) is 11.8 Å². The molecule has 0 saturated carbocycles. The summed E-state index contributed by atoms with van der Waals surface area (Å²) in [4.78, 5) is 14.1. The maximum atomic E-state index is 13.9. The Morgan fingerprint density at radius 3 is 2.81 bits per heavy atom. The minimum atomic E-state index is -0.892. The van der Waals surface area contributed by atoms with Crippen LogP contribution in [0.3, 0.4) is 0 Å². The van der Waals surface area contributed by atoms with E-state index in [-0.39, 0.29) is 18.7 Å². The summed E-state index contributed by atoms with van der Waals surface area (Å²) in [5, 5.41) is 10.7. The molecule has 0 saturated heterocycles. The number of pyridine rings is 1. The van der Waals surface area contributed by atoms with E-state index in [1.807, 2.05) is 6.92 Å². The number of hydrogen-bond donors (Lipinski definition) is 1. The Labute approximate surface area is 120 Å². The molecule has 2 aromatic rings. The summed E-state index contributed by atoms with van der Waals surface area (Å²) in [6.07, 6.45) is 0. The van der Waals surface area contributed by atoms with Crippen LogP contribution < -0.4 is 10.5 Å². The molecule has 0 spiro atoms. The van der Waals surface area contributed by atoms with Crippen molar-refractivity contribution in [2.24, 2.45) is 5.73 Å². The van der Waals surface area contributed by atoms with E-state index >= 15 is 0 Å². The number of nitro groups is 1. The molecule has 0 fully saturated rings. The number of nitrogens with zero attached hydrogens (tertiary/aromatic N) is 2. The molecule has 1 aromatic carbocycles. The second kappa shape index (κ2) is 6.27. The fourth-order valence-corrected chi connectivity index (χ4v) is 1.85. The smallest absolute Gasteiger partial charge is 0.305 e. The van der Waals surface area contributed by atoms with Gasteiger partial charge in [0.05, 0.1) is 10.6 Å². The van der Waals surface area contributed by atoms with E-state index in [9.17, 15) is 14.5 Å². The molecule has 1 aromatic heterocycles. The van der Waals surface area contributed by atoms with Gasteiger partial charge in [0.25, 0.3) is 0 Å². The number of benzene rings is 1. The molecule has 2 N–H and O–H groups in total. The van der Waals surface area contributed by atoms with Crippen molar-refractivity contribution in [3.05, 3.63) is 63.2 Å². The number of nitro benzene ring substituents is 1. The van der Waals surface area contributed by atoms with Gasteiger partial charge in [0.15, 0.2) is 0 Å². The first-order valence-corrected chi connectivity index (χ1v) is 6.24. The standard InChI is InChI=1S/C14H14FN3O3/c1-9-5-6-13(11(7-16)17-9)21-8-10-3-2-4-12(14(10)15)18(19)20/h2-6H,7-8,16H2,1H3. The predicted molar refractivity (Wildman–Crippen MR) is 74.3 cm³/mol. The maximum absolute atomic E-state index is 13.9. The van der Waals surface area contributed by atoms with Gasteiger partial charge in [0.2, 0.25) is 5.82 Å². The van der Waals surface area contributed by atoms with Crippen LogP contribution in [0.25, 0.3) is 0 Å². The summed E-state index contributed by atoms with van der Waals surface area (Å²) in [5.74, 6) is -0.453. The van der Waals surface area contributed by atoms with Crippen molar-refractivity contribution in [1.29, 1.82) is 0 Å². The van der Waals surface area contributed by atoms with Crippen LogP contribution in [-0.2, 0) is 13.2 Å². The molecule has 0 aliphatic rings. The van der Waals surface area contributed by atoms with Crippen molar-refractivity contribution in [2.75, 3.05) is 0 Å². The van der Waals surface area contributed by atoms with Crippen LogP contribution in [-0.4, -0.2) is 9.91 Å². The van der Waals surface area contributed by atoms with Gasteiger partial charge in [-0.15, -0.1) is 0 Å². The highest BCUT2D eigenvalue weighted by molar-refractivity contribution is 5.37. The molecule has 0 amide bonds. The van der Waals surface area contributed by atoms with Gasteiger partial charge in [-0.1, -0.05) is 12.1 Å². The Morgan fingerprint density at radius 1 is 1.38 bits per heavy atom. The second-order valence-corrected chi connectivity index (χ2v) is 4.40. The van der Waals surface area contributed by atoms with Gasteiger partial charge in [-0.3, -0.25) is 15.1 Å². The van der Waals surface area contributed by atoms with E-state index in [1.165, 1.54) is 12.1 Å². The first kappa shape index (κ1) is 14.9. The average Bonchev–Trinajstić information content (AvgIpc) is 2.46. The van der Waals surface area contributed by atoms with E-state index in [1.54, 1.807) is 12.1 Å². The molecule has 6 nitrogen and oxygen atoms in total. The minimum Gasteiger partial charge on any atom is -0.487 e. The summed E-state index contributed by atoms with van der Waals surface area (Å²) in [7, 11) is 0. The molecule has 0 aliphatic carbocycles. The molecule has 21 heavy (non-hydrogen) atoms. The molecule has 0 aliphatic heterocycles. The van der Waals surface area contributed by atoms with E-state index < -0.39 is 16.4 Å². The van der Waals surface area contributed by atoms with Gasteiger partial charge in [0.1, 0.15) is 12.4 Å². The lowest BCUT2D eigenvalue weighted by Gasteiger charge is -2.11. The Morgan fingerprint density at radius 2 is 2.14 bits per heavy atom. The average molecular weight is 291 g/mol. The minimum absolute atomic E-state index is 0.104. The van der Waals surface area contributed by atoms with Crippen molar-refractivity contribution >= 4 is 5.69 Å². The van der Waals surface area contributed by atoms with Crippen molar-refractivity contribution < 1.29 is 14.1 Å². The number of aromatic nitrogens is 1. The third kappa shape index (κ3) is 3.32. The molecule has 0 atom stereocenters. The molecule has 110 valence electrons. The third-order valence-corrected chi connectivity index (χ3v) is 2.90. The summed E-state index contributed by atoms with van der Waals surface area (Å²) in [5.41, 5.74) is 6.46. The lowest BCUT2D eigenvalue weighted by Crippen LogP contribution is -2.07. The van der Waals surface area contributed by atoms with Gasteiger partial charge in [-0.2, -0.15) is 4.39 Å². The van der Waals surface area contributed by atoms with Gasteiger partial charge in [0, 0.05) is 23.9 Å². The quantitative estimate of drug-likeness (QED) is 0.675. The number of halogens is 1. The molecule has 0 unspecified atom stereocenters. The van der Waals surface area contributed by atoms with Crippen molar-refractivity contribution in [3.63, 3.8) is 0 Å². The maximum Gasteiger partial charge on any atom is 0.305 e. The second-order valence-electron chi connectivity index (χ2n) is 4.40. The molecular formula is C14H14FN3O3. The lowest BCUT2D eigenvalue weighted by molar-refractivity contribution is -0.387. The summed E-state index contributed by atoms with van der Waals surface area (Å²) >= 11 is 0. The van der Waals surface area contributed by atoms with Gasteiger partial charge in [-0.05, 0) is 19.1 Å². The highest BCUT2D eigenvalue weighted by Crippen LogP contribution is 2.23. The fraction of sp³-hybridized carbons (Fsp3) is 0.214. The Bertz CT molecular complexity index is 677. The van der Waals surface area contributed by atoms with Crippen LogP contribution >= 0.6 is 0 Å². The van der Waals surface area contributed by atoms with Crippen molar-refractivity contribution in [3.8, 4) is 5.75 Å². The third-order valence-electron chi connectivity index (χ3n) is 2.90. The van der Waals surface area contributed by atoms with Gasteiger partial charge < -0.3 is 10.5 Å². The number of aryl methyl sites for hydroxylation is 1. The van der Waals surface area contributed by atoms with E-state index in [0.29, 0.717) is 11.4 Å². The zero-order valence-electron chi connectivity index (χ0n) is 11.4. The molecule has 1 heterocycles. The summed E-state index contributed by atoms with van der Waals surface area (Å²) < 4.78 is 19.4. The lowest BCUT2D eigenvalue weighted by atomic mass is 10.2.